The van der Waals surface area contributed by atoms with Gasteiger partial charge in [-0.2, -0.15) is 5.10 Å². The van der Waals surface area contributed by atoms with Gasteiger partial charge in [-0.15, -0.1) is 11.3 Å². The topological polar surface area (TPSA) is 66.0 Å². The van der Waals surface area contributed by atoms with E-state index in [0.717, 1.165) is 39.1 Å². The van der Waals surface area contributed by atoms with Crippen molar-refractivity contribution in [3.63, 3.8) is 0 Å². The van der Waals surface area contributed by atoms with E-state index in [1.165, 1.54) is 0 Å². The summed E-state index contributed by atoms with van der Waals surface area (Å²) < 4.78 is 7.72. The Kier molecular flexibility index (Phi) is 5.14. The standard InChI is InChI=1S/C17H24N4OSSi/c1-24(2,3)10-9-22-12-21-17-14(5-4-8-19-17)16(20-21)15-7-6-13(11-18)23-15/h4-8H,9-12,18H2,1-3H3. The Morgan fingerprint density at radius 1 is 1.25 bits per heavy atom. The molecule has 0 atom stereocenters. The molecule has 0 bridgehead atoms. The molecule has 128 valence electrons. The summed E-state index contributed by atoms with van der Waals surface area (Å²) in [5, 5.41) is 5.80. The molecule has 0 saturated heterocycles. The van der Waals surface area contributed by atoms with Gasteiger partial charge in [0.1, 0.15) is 12.4 Å². The molecule has 3 rings (SSSR count). The van der Waals surface area contributed by atoms with Crippen molar-refractivity contribution in [3.8, 4) is 10.6 Å². The summed E-state index contributed by atoms with van der Waals surface area (Å²) in [5.74, 6) is 0. The van der Waals surface area contributed by atoms with Gasteiger partial charge in [0.2, 0.25) is 0 Å². The summed E-state index contributed by atoms with van der Waals surface area (Å²) >= 11 is 1.68. The average Bonchev–Trinajstić information content (AvgIpc) is 3.15. The summed E-state index contributed by atoms with van der Waals surface area (Å²) in [6.07, 6.45) is 1.80. The van der Waals surface area contributed by atoms with Crippen LogP contribution in [0.1, 0.15) is 4.88 Å². The molecule has 3 aromatic rings. The molecule has 0 amide bonds. The van der Waals surface area contributed by atoms with E-state index in [1.807, 2.05) is 10.7 Å². The van der Waals surface area contributed by atoms with E-state index in [0.29, 0.717) is 13.3 Å². The number of hydrogen-bond donors (Lipinski definition) is 1. The molecule has 0 aromatic carbocycles. The smallest absolute Gasteiger partial charge is 0.160 e. The third-order valence-electron chi connectivity index (χ3n) is 3.81. The summed E-state index contributed by atoms with van der Waals surface area (Å²) in [6.45, 7) is 8.82. The van der Waals surface area contributed by atoms with Crippen molar-refractivity contribution in [2.75, 3.05) is 6.61 Å². The Balaban J connectivity index is 1.84. The van der Waals surface area contributed by atoms with Gasteiger partial charge in [0.05, 0.1) is 4.88 Å². The van der Waals surface area contributed by atoms with Gasteiger partial charge in [-0.3, -0.25) is 0 Å². The first kappa shape index (κ1) is 17.3. The van der Waals surface area contributed by atoms with E-state index in [9.17, 15) is 0 Å². The van der Waals surface area contributed by atoms with E-state index in [4.69, 9.17) is 15.6 Å². The predicted octanol–water partition coefficient (Wildman–Crippen LogP) is 3.93. The SMILES string of the molecule is C[Si](C)(C)CCOCn1nc(-c2ccc(CN)s2)c2cccnc21. The number of thiophene rings is 1. The normalized spacial score (nSPS) is 12.2. The maximum absolute atomic E-state index is 5.86. The van der Waals surface area contributed by atoms with Crippen LogP contribution in [-0.4, -0.2) is 29.4 Å². The molecule has 3 heterocycles. The molecule has 0 fully saturated rings. The zero-order valence-corrected chi connectivity index (χ0v) is 16.3. The van der Waals surface area contributed by atoms with Crippen molar-refractivity contribution in [1.82, 2.24) is 14.8 Å². The fourth-order valence-electron chi connectivity index (χ4n) is 2.43. The van der Waals surface area contributed by atoms with Crippen LogP contribution in [-0.2, 0) is 18.0 Å². The van der Waals surface area contributed by atoms with Crippen molar-refractivity contribution in [2.45, 2.75) is 39.0 Å². The van der Waals surface area contributed by atoms with E-state index in [-0.39, 0.29) is 0 Å². The molecule has 0 spiro atoms. The minimum Gasteiger partial charge on any atom is -0.359 e. The lowest BCUT2D eigenvalue weighted by molar-refractivity contribution is 0.0814. The van der Waals surface area contributed by atoms with E-state index < -0.39 is 8.07 Å². The van der Waals surface area contributed by atoms with Crippen LogP contribution in [0.2, 0.25) is 25.7 Å². The number of nitrogens with zero attached hydrogens (tertiary/aromatic N) is 3. The fourth-order valence-corrected chi connectivity index (χ4v) is 4.07. The molecule has 5 nitrogen and oxygen atoms in total. The van der Waals surface area contributed by atoms with Gasteiger partial charge in [-0.1, -0.05) is 19.6 Å². The average molecular weight is 361 g/mol. The molecule has 3 aromatic heterocycles. The third kappa shape index (κ3) is 3.92. The lowest BCUT2D eigenvalue weighted by Gasteiger charge is -2.15. The minimum atomic E-state index is -1.08. The maximum atomic E-state index is 5.86. The van der Waals surface area contributed by atoms with Crippen LogP contribution in [0.4, 0.5) is 0 Å². The van der Waals surface area contributed by atoms with Crippen LogP contribution >= 0.6 is 11.3 Å². The number of nitrogens with two attached hydrogens (primary N) is 1. The van der Waals surface area contributed by atoms with Gasteiger partial charge in [0.25, 0.3) is 0 Å². The largest absolute Gasteiger partial charge is 0.359 e. The molecule has 0 saturated carbocycles. The highest BCUT2D eigenvalue weighted by molar-refractivity contribution is 7.15. The van der Waals surface area contributed by atoms with Gasteiger partial charge in [-0.05, 0) is 30.3 Å². The maximum Gasteiger partial charge on any atom is 0.160 e. The number of rotatable bonds is 7. The summed E-state index contributed by atoms with van der Waals surface area (Å²) in [7, 11) is -1.08. The van der Waals surface area contributed by atoms with Crippen LogP contribution < -0.4 is 5.73 Å². The summed E-state index contributed by atoms with van der Waals surface area (Å²) in [5.41, 5.74) is 7.55. The van der Waals surface area contributed by atoms with Crippen molar-refractivity contribution < 1.29 is 4.74 Å². The monoisotopic (exact) mass is 360 g/mol. The van der Waals surface area contributed by atoms with Crippen molar-refractivity contribution in [3.05, 3.63) is 35.3 Å². The number of hydrogen-bond acceptors (Lipinski definition) is 5. The second-order valence-corrected chi connectivity index (χ2v) is 13.8. The molecule has 7 heteroatoms. The Labute approximate surface area is 147 Å². The molecule has 0 aliphatic carbocycles. The van der Waals surface area contributed by atoms with Gasteiger partial charge < -0.3 is 10.5 Å². The van der Waals surface area contributed by atoms with Gasteiger partial charge in [0.15, 0.2) is 5.65 Å². The Hall–Kier alpha value is -1.54. The molecule has 24 heavy (non-hydrogen) atoms. The molecule has 0 unspecified atom stereocenters. The first-order valence-corrected chi connectivity index (χ1v) is 12.7. The van der Waals surface area contributed by atoms with Crippen LogP contribution in [0, 0.1) is 0 Å². The zero-order valence-electron chi connectivity index (χ0n) is 14.5. The summed E-state index contributed by atoms with van der Waals surface area (Å²) in [6, 6.07) is 9.30. The Morgan fingerprint density at radius 3 is 2.79 bits per heavy atom. The van der Waals surface area contributed by atoms with E-state index in [1.54, 1.807) is 17.5 Å². The molecule has 2 N–H and O–H groups in total. The highest BCUT2D eigenvalue weighted by atomic mass is 32.1. The molecule has 0 aliphatic heterocycles. The number of ether oxygens (including phenoxy) is 1. The first-order chi connectivity index (χ1) is 11.5. The van der Waals surface area contributed by atoms with Crippen LogP contribution in [0.25, 0.3) is 21.6 Å². The quantitative estimate of drug-likeness (QED) is 0.512. The first-order valence-electron chi connectivity index (χ1n) is 8.16. The van der Waals surface area contributed by atoms with Crippen LogP contribution in [0.15, 0.2) is 30.5 Å². The molecule has 0 aliphatic rings. The van der Waals surface area contributed by atoms with Crippen molar-refractivity contribution in [1.29, 1.82) is 0 Å². The van der Waals surface area contributed by atoms with Crippen molar-refractivity contribution >= 4 is 30.4 Å². The predicted molar refractivity (Wildman–Crippen MR) is 103 cm³/mol. The lowest BCUT2D eigenvalue weighted by atomic mass is 10.2. The Bertz CT molecular complexity index is 821. The lowest BCUT2D eigenvalue weighted by Crippen LogP contribution is -2.22. The second-order valence-electron chi connectivity index (χ2n) is 7.04. The minimum absolute atomic E-state index is 0.438. The number of fused-ring (bicyclic) bond motifs is 1. The van der Waals surface area contributed by atoms with Gasteiger partial charge in [0, 0.05) is 37.7 Å². The number of pyridine rings is 1. The van der Waals surface area contributed by atoms with Gasteiger partial charge in [-0.25, -0.2) is 9.67 Å². The van der Waals surface area contributed by atoms with E-state index in [2.05, 4.69) is 42.8 Å². The Morgan fingerprint density at radius 2 is 2.08 bits per heavy atom. The number of aromatic nitrogens is 3. The van der Waals surface area contributed by atoms with Crippen LogP contribution in [0.5, 0.6) is 0 Å². The van der Waals surface area contributed by atoms with Crippen molar-refractivity contribution in [2.24, 2.45) is 5.73 Å². The second kappa shape index (κ2) is 7.14. The van der Waals surface area contributed by atoms with Crippen LogP contribution in [0.3, 0.4) is 0 Å². The molecular formula is C17H24N4OSSi. The molecule has 0 radical (unpaired) electrons. The highest BCUT2D eigenvalue weighted by Gasteiger charge is 2.16. The highest BCUT2D eigenvalue weighted by Crippen LogP contribution is 2.32. The third-order valence-corrected chi connectivity index (χ3v) is 6.63. The van der Waals surface area contributed by atoms with E-state index >= 15 is 0 Å². The zero-order chi connectivity index (χ0) is 17.2. The summed E-state index contributed by atoms with van der Waals surface area (Å²) in [4.78, 5) is 6.77. The molecular weight excluding hydrogens is 336 g/mol. The van der Waals surface area contributed by atoms with Gasteiger partial charge >= 0.3 is 0 Å². The fraction of sp³-hybridized carbons (Fsp3) is 0.412.